The zero-order chi connectivity index (χ0) is 13.2. The molecule has 1 unspecified atom stereocenters. The van der Waals surface area contributed by atoms with E-state index in [0.29, 0.717) is 5.56 Å². The zero-order valence-corrected chi connectivity index (χ0v) is 11.6. The minimum Gasteiger partial charge on any atom is -0.477 e. The molecule has 4 nitrogen and oxygen atoms in total. The summed E-state index contributed by atoms with van der Waals surface area (Å²) in [6.07, 6.45) is 0. The largest absolute Gasteiger partial charge is 0.477 e. The number of carboxylic acid groups (broad SMARTS) is 1. The fraction of sp³-hybridized carbons (Fsp3) is 0.545. The van der Waals surface area contributed by atoms with Gasteiger partial charge in [-0.1, -0.05) is 13.8 Å². The van der Waals surface area contributed by atoms with Gasteiger partial charge in [-0.05, 0) is 29.9 Å². The minimum absolute atomic E-state index is 0.0203. The van der Waals surface area contributed by atoms with E-state index >= 15 is 0 Å². The first-order valence-corrected chi connectivity index (χ1v) is 7.86. The van der Waals surface area contributed by atoms with Gasteiger partial charge in [0.05, 0.1) is 11.0 Å². The maximum atomic E-state index is 12.0. The van der Waals surface area contributed by atoms with E-state index in [4.69, 9.17) is 5.11 Å². The molecule has 1 aromatic heterocycles. The van der Waals surface area contributed by atoms with Crippen molar-refractivity contribution in [1.29, 1.82) is 0 Å². The van der Waals surface area contributed by atoms with Crippen LogP contribution in [0.25, 0.3) is 0 Å². The average molecular weight is 276 g/mol. The number of thiophene rings is 1. The number of hydrogen-bond donors (Lipinski definition) is 1. The van der Waals surface area contributed by atoms with Crippen LogP contribution in [0.3, 0.4) is 0 Å². The molecule has 0 aromatic carbocycles. The van der Waals surface area contributed by atoms with Gasteiger partial charge in [0.2, 0.25) is 0 Å². The van der Waals surface area contributed by atoms with Crippen molar-refractivity contribution < 1.29 is 18.3 Å². The normalized spacial score (nSPS) is 13.9. The van der Waals surface area contributed by atoms with Crippen molar-refractivity contribution in [2.45, 2.75) is 31.8 Å². The van der Waals surface area contributed by atoms with Gasteiger partial charge in [-0.3, -0.25) is 0 Å². The van der Waals surface area contributed by atoms with Crippen LogP contribution >= 0.6 is 11.3 Å². The third-order valence-corrected chi connectivity index (χ3v) is 6.14. The number of rotatable bonds is 5. The highest BCUT2D eigenvalue weighted by Gasteiger charge is 2.26. The summed E-state index contributed by atoms with van der Waals surface area (Å²) in [7, 11) is -3.30. The van der Waals surface area contributed by atoms with E-state index in [1.807, 2.05) is 13.8 Å². The quantitative estimate of drug-likeness (QED) is 0.896. The number of aromatic carboxylic acids is 1. The Kier molecular flexibility index (Phi) is 4.32. The Morgan fingerprint density at radius 2 is 2.00 bits per heavy atom. The summed E-state index contributed by atoms with van der Waals surface area (Å²) in [6, 6.07) is 1.57. The molecule has 6 heteroatoms. The van der Waals surface area contributed by atoms with E-state index in [9.17, 15) is 13.2 Å². The third-order valence-electron chi connectivity index (χ3n) is 2.80. The Morgan fingerprint density at radius 1 is 1.41 bits per heavy atom. The molecule has 96 valence electrons. The summed E-state index contributed by atoms with van der Waals surface area (Å²) in [6.45, 7) is 5.34. The molecule has 1 N–H and O–H groups in total. The molecule has 0 aliphatic heterocycles. The lowest BCUT2D eigenvalue weighted by Gasteiger charge is -2.16. The molecule has 0 aliphatic carbocycles. The van der Waals surface area contributed by atoms with Crippen molar-refractivity contribution in [2.75, 3.05) is 0 Å². The maximum absolute atomic E-state index is 12.0. The molecule has 0 saturated heterocycles. The highest BCUT2D eigenvalue weighted by molar-refractivity contribution is 7.91. The Hall–Kier alpha value is -0.880. The van der Waals surface area contributed by atoms with Crippen LogP contribution in [0.4, 0.5) is 0 Å². The zero-order valence-electron chi connectivity index (χ0n) is 10.0. The van der Waals surface area contributed by atoms with Crippen LogP contribution in [0.1, 0.15) is 36.0 Å². The monoisotopic (exact) mass is 276 g/mol. The van der Waals surface area contributed by atoms with Crippen molar-refractivity contribution in [3.8, 4) is 0 Å². The predicted molar refractivity (Wildman–Crippen MR) is 68.2 cm³/mol. The van der Waals surface area contributed by atoms with E-state index in [1.165, 1.54) is 0 Å². The molecule has 1 rings (SSSR count). The minimum atomic E-state index is -3.30. The second-order valence-electron chi connectivity index (χ2n) is 4.34. The van der Waals surface area contributed by atoms with Gasteiger partial charge in [0, 0.05) is 0 Å². The van der Waals surface area contributed by atoms with Gasteiger partial charge in [-0.25, -0.2) is 13.2 Å². The third kappa shape index (κ3) is 3.29. The Labute approximate surface area is 105 Å². The van der Waals surface area contributed by atoms with Crippen LogP contribution < -0.4 is 0 Å². The van der Waals surface area contributed by atoms with Gasteiger partial charge in [0.25, 0.3) is 0 Å². The topological polar surface area (TPSA) is 71.4 Å². The summed E-state index contributed by atoms with van der Waals surface area (Å²) in [5, 5.41) is 10.1. The molecule has 0 bridgehead atoms. The van der Waals surface area contributed by atoms with E-state index in [1.54, 1.807) is 18.4 Å². The smallest absolute Gasteiger partial charge is 0.346 e. The van der Waals surface area contributed by atoms with Crippen LogP contribution in [0.15, 0.2) is 11.4 Å². The highest BCUT2D eigenvalue weighted by Crippen LogP contribution is 2.23. The molecule has 1 atom stereocenters. The lowest BCUT2D eigenvalue weighted by Crippen LogP contribution is -2.25. The molecular formula is C11H16O4S2. The molecule has 0 spiro atoms. The number of hydrogen-bond acceptors (Lipinski definition) is 4. The van der Waals surface area contributed by atoms with Crippen molar-refractivity contribution >= 4 is 27.1 Å². The SMILES string of the molecule is CC(C)C(C)S(=O)(=O)Cc1ccsc1C(=O)O. The lowest BCUT2D eigenvalue weighted by atomic mass is 10.2. The summed E-state index contributed by atoms with van der Waals surface area (Å²) >= 11 is 1.05. The highest BCUT2D eigenvalue weighted by atomic mass is 32.2. The maximum Gasteiger partial charge on any atom is 0.346 e. The summed E-state index contributed by atoms with van der Waals surface area (Å²) in [5.74, 6) is -1.24. The van der Waals surface area contributed by atoms with Gasteiger partial charge in [-0.2, -0.15) is 0 Å². The first-order valence-electron chi connectivity index (χ1n) is 5.27. The molecular weight excluding hydrogens is 260 g/mol. The van der Waals surface area contributed by atoms with E-state index < -0.39 is 21.1 Å². The van der Waals surface area contributed by atoms with Crippen LogP contribution in [-0.2, 0) is 15.6 Å². The fourth-order valence-electron chi connectivity index (χ4n) is 1.40. The van der Waals surface area contributed by atoms with Gasteiger partial charge in [-0.15, -0.1) is 11.3 Å². The molecule has 0 saturated carbocycles. The molecule has 0 amide bonds. The summed E-state index contributed by atoms with van der Waals surface area (Å²) in [5.41, 5.74) is 0.384. The summed E-state index contributed by atoms with van der Waals surface area (Å²) in [4.78, 5) is 11.0. The van der Waals surface area contributed by atoms with Crippen LogP contribution in [0.5, 0.6) is 0 Å². The molecule has 0 fully saturated rings. The standard InChI is InChI=1S/C11H16O4S2/c1-7(2)8(3)17(14,15)6-9-4-5-16-10(9)11(12)13/h4-5,7-8H,6H2,1-3H3,(H,12,13). The fourth-order valence-corrected chi connectivity index (χ4v) is 4.02. The number of carbonyl (C=O) groups is 1. The first-order chi connectivity index (χ1) is 7.75. The van der Waals surface area contributed by atoms with E-state index in [-0.39, 0.29) is 16.5 Å². The summed E-state index contributed by atoms with van der Waals surface area (Å²) < 4.78 is 24.1. The van der Waals surface area contributed by atoms with Crippen LogP contribution in [0.2, 0.25) is 0 Å². The Bertz CT molecular complexity index is 499. The van der Waals surface area contributed by atoms with Crippen molar-refractivity contribution in [1.82, 2.24) is 0 Å². The van der Waals surface area contributed by atoms with E-state index in [2.05, 4.69) is 0 Å². The second kappa shape index (κ2) is 5.18. The van der Waals surface area contributed by atoms with Crippen LogP contribution in [0, 0.1) is 5.92 Å². The number of carboxylic acids is 1. The van der Waals surface area contributed by atoms with Gasteiger partial charge >= 0.3 is 5.97 Å². The van der Waals surface area contributed by atoms with E-state index in [0.717, 1.165) is 11.3 Å². The second-order valence-corrected chi connectivity index (χ2v) is 7.61. The van der Waals surface area contributed by atoms with Gasteiger partial charge < -0.3 is 5.11 Å². The molecule has 17 heavy (non-hydrogen) atoms. The molecule has 1 aromatic rings. The first kappa shape index (κ1) is 14.2. The van der Waals surface area contributed by atoms with Crippen molar-refractivity contribution in [3.05, 3.63) is 21.9 Å². The molecule has 0 aliphatic rings. The average Bonchev–Trinajstić information content (AvgIpc) is 2.63. The Morgan fingerprint density at radius 3 is 2.47 bits per heavy atom. The lowest BCUT2D eigenvalue weighted by molar-refractivity contribution is 0.0701. The molecule has 1 heterocycles. The van der Waals surface area contributed by atoms with Crippen molar-refractivity contribution in [2.24, 2.45) is 5.92 Å². The van der Waals surface area contributed by atoms with Gasteiger partial charge in [0.1, 0.15) is 4.88 Å². The Balaban J connectivity index is 2.99. The predicted octanol–water partition coefficient (Wildman–Crippen LogP) is 2.41. The molecule has 0 radical (unpaired) electrons. The van der Waals surface area contributed by atoms with Gasteiger partial charge in [0.15, 0.2) is 9.84 Å². The van der Waals surface area contributed by atoms with Crippen LogP contribution in [-0.4, -0.2) is 24.7 Å². The number of sulfone groups is 1. The van der Waals surface area contributed by atoms with Crippen molar-refractivity contribution in [3.63, 3.8) is 0 Å².